The van der Waals surface area contributed by atoms with Crippen molar-refractivity contribution in [2.45, 2.75) is 6.92 Å². The van der Waals surface area contributed by atoms with E-state index in [2.05, 4.69) is 16.4 Å². The summed E-state index contributed by atoms with van der Waals surface area (Å²) < 4.78 is 5.17. The van der Waals surface area contributed by atoms with E-state index in [1.54, 1.807) is 13.3 Å². The Morgan fingerprint density at radius 2 is 2.04 bits per heavy atom. The van der Waals surface area contributed by atoms with Crippen molar-refractivity contribution in [3.05, 3.63) is 70.7 Å². The van der Waals surface area contributed by atoms with Crippen LogP contribution in [0.1, 0.15) is 10.6 Å². The molecule has 0 radical (unpaired) electrons. The van der Waals surface area contributed by atoms with Crippen LogP contribution < -0.4 is 10.1 Å². The maximum atomic E-state index is 9.45. The van der Waals surface area contributed by atoms with E-state index in [1.165, 1.54) is 11.3 Å². The van der Waals surface area contributed by atoms with E-state index < -0.39 is 0 Å². The summed E-state index contributed by atoms with van der Waals surface area (Å²) in [6.45, 7) is 2.03. The molecule has 0 spiro atoms. The van der Waals surface area contributed by atoms with E-state index in [-0.39, 0.29) is 0 Å². The topological polar surface area (TPSA) is 57.9 Å². The number of thiazole rings is 1. The van der Waals surface area contributed by atoms with Gasteiger partial charge in [0.05, 0.1) is 12.8 Å². The van der Waals surface area contributed by atoms with Gasteiger partial charge in [-0.2, -0.15) is 5.26 Å². The summed E-state index contributed by atoms with van der Waals surface area (Å²) in [7, 11) is 1.64. The Bertz CT molecular complexity index is 936. The van der Waals surface area contributed by atoms with Gasteiger partial charge >= 0.3 is 0 Å². The number of nitrogens with one attached hydrogen (secondary N) is 1. The molecule has 0 aliphatic carbocycles. The first-order valence-corrected chi connectivity index (χ1v) is 8.61. The Labute approximate surface area is 151 Å². The smallest absolute Gasteiger partial charge is 0.136 e. The third-order valence-corrected chi connectivity index (χ3v) is 4.52. The molecule has 3 aromatic rings. The van der Waals surface area contributed by atoms with Crippen molar-refractivity contribution in [1.29, 1.82) is 5.26 Å². The second kappa shape index (κ2) is 7.65. The monoisotopic (exact) mass is 347 g/mol. The number of nitriles is 1. The maximum Gasteiger partial charge on any atom is 0.136 e. The van der Waals surface area contributed by atoms with Gasteiger partial charge in [-0.15, -0.1) is 11.3 Å². The molecule has 3 rings (SSSR count). The predicted molar refractivity (Wildman–Crippen MR) is 102 cm³/mol. The van der Waals surface area contributed by atoms with Gasteiger partial charge in [0, 0.05) is 22.8 Å². The van der Waals surface area contributed by atoms with Gasteiger partial charge in [0.25, 0.3) is 0 Å². The molecule has 4 nitrogen and oxygen atoms in total. The Balaban J connectivity index is 1.81. The molecule has 1 N–H and O–H groups in total. The SMILES string of the molecule is COc1ccc(-c2csc(C(C#N)=CNc3cccc(C)c3)n2)cc1. The van der Waals surface area contributed by atoms with E-state index in [0.717, 1.165) is 28.3 Å². The van der Waals surface area contributed by atoms with Crippen molar-refractivity contribution in [2.24, 2.45) is 0 Å². The van der Waals surface area contributed by atoms with Gasteiger partial charge in [0.1, 0.15) is 22.4 Å². The minimum absolute atomic E-state index is 0.506. The molecule has 1 heterocycles. The summed E-state index contributed by atoms with van der Waals surface area (Å²) in [6.07, 6.45) is 1.70. The van der Waals surface area contributed by atoms with Crippen molar-refractivity contribution in [2.75, 3.05) is 12.4 Å². The normalized spacial score (nSPS) is 11.0. The van der Waals surface area contributed by atoms with Crippen molar-refractivity contribution in [3.8, 4) is 23.1 Å². The highest BCUT2D eigenvalue weighted by Gasteiger charge is 2.09. The van der Waals surface area contributed by atoms with Gasteiger partial charge in [0.2, 0.25) is 0 Å². The highest BCUT2D eigenvalue weighted by atomic mass is 32.1. The number of rotatable bonds is 5. The van der Waals surface area contributed by atoms with Crippen LogP contribution in [0.15, 0.2) is 60.1 Å². The lowest BCUT2D eigenvalue weighted by Crippen LogP contribution is -1.91. The first kappa shape index (κ1) is 16.7. The lowest BCUT2D eigenvalue weighted by molar-refractivity contribution is 0.415. The van der Waals surface area contributed by atoms with Crippen LogP contribution in [0.2, 0.25) is 0 Å². The molecule has 0 saturated carbocycles. The molecule has 0 unspecified atom stereocenters. The third kappa shape index (κ3) is 4.06. The second-order valence-electron chi connectivity index (χ2n) is 5.45. The van der Waals surface area contributed by atoms with Crippen LogP contribution in [-0.2, 0) is 0 Å². The minimum atomic E-state index is 0.506. The zero-order chi connectivity index (χ0) is 17.6. The number of hydrogen-bond donors (Lipinski definition) is 1. The Morgan fingerprint density at radius 1 is 1.24 bits per heavy atom. The zero-order valence-electron chi connectivity index (χ0n) is 14.0. The maximum absolute atomic E-state index is 9.45. The number of aryl methyl sites for hydroxylation is 1. The van der Waals surface area contributed by atoms with Crippen LogP contribution >= 0.6 is 11.3 Å². The summed E-state index contributed by atoms with van der Waals surface area (Å²) in [4.78, 5) is 4.58. The summed E-state index contributed by atoms with van der Waals surface area (Å²) in [6, 6.07) is 17.9. The Hall–Kier alpha value is -3.10. The zero-order valence-corrected chi connectivity index (χ0v) is 14.8. The highest BCUT2D eigenvalue weighted by Crippen LogP contribution is 2.27. The van der Waals surface area contributed by atoms with Crippen molar-refractivity contribution >= 4 is 22.6 Å². The fraction of sp³-hybridized carbons (Fsp3) is 0.100. The largest absolute Gasteiger partial charge is 0.497 e. The predicted octanol–water partition coefficient (Wildman–Crippen LogP) is 5.10. The van der Waals surface area contributed by atoms with Crippen LogP contribution in [0.25, 0.3) is 16.8 Å². The molecule has 0 aliphatic rings. The number of methoxy groups -OCH3 is 1. The summed E-state index contributed by atoms with van der Waals surface area (Å²) in [5.74, 6) is 0.805. The molecule has 5 heteroatoms. The Morgan fingerprint density at radius 3 is 2.72 bits per heavy atom. The Kier molecular flexibility index (Phi) is 5.12. The van der Waals surface area contributed by atoms with Crippen LogP contribution in [0.4, 0.5) is 5.69 Å². The van der Waals surface area contributed by atoms with Crippen LogP contribution in [0.5, 0.6) is 5.75 Å². The highest BCUT2D eigenvalue weighted by molar-refractivity contribution is 7.11. The van der Waals surface area contributed by atoms with E-state index in [9.17, 15) is 5.26 Å². The number of hydrogen-bond acceptors (Lipinski definition) is 5. The standard InChI is InChI=1S/C20H17N3OS/c1-14-4-3-5-17(10-14)22-12-16(11-21)20-23-19(13-25-20)15-6-8-18(24-2)9-7-15/h3-10,12-13,22H,1-2H3. The molecular weight excluding hydrogens is 330 g/mol. The molecule has 2 aromatic carbocycles. The quantitative estimate of drug-likeness (QED) is 0.652. The van der Waals surface area contributed by atoms with E-state index in [0.29, 0.717) is 10.6 Å². The van der Waals surface area contributed by atoms with Gasteiger partial charge < -0.3 is 10.1 Å². The van der Waals surface area contributed by atoms with E-state index >= 15 is 0 Å². The third-order valence-electron chi connectivity index (χ3n) is 3.64. The van der Waals surface area contributed by atoms with Crippen molar-refractivity contribution in [1.82, 2.24) is 4.98 Å². The molecule has 25 heavy (non-hydrogen) atoms. The first-order valence-electron chi connectivity index (χ1n) is 7.73. The lowest BCUT2D eigenvalue weighted by Gasteiger charge is -2.02. The number of aromatic nitrogens is 1. The molecule has 124 valence electrons. The van der Waals surface area contributed by atoms with Gasteiger partial charge in [0.15, 0.2) is 0 Å². The second-order valence-corrected chi connectivity index (χ2v) is 6.31. The van der Waals surface area contributed by atoms with Crippen LogP contribution in [0, 0.1) is 18.3 Å². The van der Waals surface area contributed by atoms with Crippen molar-refractivity contribution < 1.29 is 4.74 Å². The summed E-state index contributed by atoms with van der Waals surface area (Å²) >= 11 is 1.45. The molecule has 0 fully saturated rings. The summed E-state index contributed by atoms with van der Waals surface area (Å²) in [5, 5.41) is 15.3. The number of ether oxygens (including phenoxy) is 1. The molecule has 1 aromatic heterocycles. The molecular formula is C20H17N3OS. The van der Waals surface area contributed by atoms with Gasteiger partial charge in [-0.1, -0.05) is 12.1 Å². The number of anilines is 1. The van der Waals surface area contributed by atoms with Gasteiger partial charge in [-0.25, -0.2) is 4.98 Å². The molecule has 0 amide bonds. The first-order chi connectivity index (χ1) is 12.2. The molecule has 0 aliphatic heterocycles. The molecule has 0 saturated heterocycles. The minimum Gasteiger partial charge on any atom is -0.497 e. The van der Waals surface area contributed by atoms with Gasteiger partial charge in [-0.05, 0) is 48.9 Å². The number of nitrogens with zero attached hydrogens (tertiary/aromatic N) is 2. The van der Waals surface area contributed by atoms with E-state index in [1.807, 2.05) is 60.8 Å². The fourth-order valence-corrected chi connectivity index (χ4v) is 3.12. The molecule has 0 atom stereocenters. The van der Waals surface area contributed by atoms with Crippen LogP contribution in [0.3, 0.4) is 0 Å². The number of allylic oxidation sites excluding steroid dienone is 1. The van der Waals surface area contributed by atoms with Crippen LogP contribution in [-0.4, -0.2) is 12.1 Å². The van der Waals surface area contributed by atoms with E-state index in [4.69, 9.17) is 4.74 Å². The average Bonchev–Trinajstić information content (AvgIpc) is 3.12. The average molecular weight is 347 g/mol. The van der Waals surface area contributed by atoms with Crippen molar-refractivity contribution in [3.63, 3.8) is 0 Å². The summed E-state index contributed by atoms with van der Waals surface area (Å²) in [5.41, 5.74) is 4.45. The molecule has 0 bridgehead atoms. The number of benzene rings is 2. The fourth-order valence-electron chi connectivity index (χ4n) is 2.32. The lowest BCUT2D eigenvalue weighted by atomic mass is 10.2. The van der Waals surface area contributed by atoms with Gasteiger partial charge in [-0.3, -0.25) is 0 Å².